The van der Waals surface area contributed by atoms with Crippen LogP contribution < -0.4 is 9.47 Å². The monoisotopic (exact) mass is 395 g/mol. The van der Waals surface area contributed by atoms with Crippen molar-refractivity contribution < 1.29 is 14.6 Å². The molecule has 0 saturated heterocycles. The maximum Gasteiger partial charge on any atom is 0.148 e. The van der Waals surface area contributed by atoms with Crippen molar-refractivity contribution in [1.29, 1.82) is 0 Å². The van der Waals surface area contributed by atoms with E-state index in [0.717, 1.165) is 0 Å². The first-order valence-electron chi connectivity index (χ1n) is 5.25. The molecule has 0 aliphatic heterocycles. The Bertz CT molecular complexity index is 603. The smallest absolute Gasteiger partial charge is 0.148 e. The van der Waals surface area contributed by atoms with Gasteiger partial charge in [-0.1, -0.05) is 16.8 Å². The lowest BCUT2D eigenvalue weighted by atomic mass is 10.2. The molecule has 0 aliphatic rings. The van der Waals surface area contributed by atoms with Crippen molar-refractivity contribution in [2.75, 3.05) is 14.2 Å². The summed E-state index contributed by atoms with van der Waals surface area (Å²) in [5.74, 6) is 1.06. The van der Waals surface area contributed by atoms with E-state index in [-0.39, 0.29) is 6.61 Å². The van der Waals surface area contributed by atoms with Crippen LogP contribution in [-0.2, 0) is 6.61 Å². The van der Waals surface area contributed by atoms with E-state index in [1.54, 1.807) is 23.9 Å². The summed E-state index contributed by atoms with van der Waals surface area (Å²) in [7, 11) is 3.08. The summed E-state index contributed by atoms with van der Waals surface area (Å²) in [6.07, 6.45) is 0. The molecule has 2 rings (SSSR count). The van der Waals surface area contributed by atoms with E-state index in [9.17, 15) is 0 Å². The van der Waals surface area contributed by atoms with Gasteiger partial charge in [0, 0.05) is 6.07 Å². The number of ether oxygens (including phenoxy) is 2. The van der Waals surface area contributed by atoms with E-state index in [1.165, 1.54) is 7.11 Å². The van der Waals surface area contributed by atoms with E-state index in [2.05, 4.69) is 32.9 Å². The molecule has 0 aliphatic carbocycles. The Labute approximate surface area is 128 Å². The molecule has 19 heavy (non-hydrogen) atoms. The Morgan fingerprint density at radius 3 is 2.53 bits per heavy atom. The predicted octanol–water partition coefficient (Wildman–Crippen LogP) is 2.03. The highest BCUT2D eigenvalue weighted by Gasteiger charge is 2.17. The minimum Gasteiger partial charge on any atom is -0.495 e. The van der Waals surface area contributed by atoms with E-state index < -0.39 is 0 Å². The van der Waals surface area contributed by atoms with Crippen LogP contribution in [0.25, 0.3) is 5.69 Å². The van der Waals surface area contributed by atoms with Gasteiger partial charge in [-0.25, -0.2) is 4.68 Å². The van der Waals surface area contributed by atoms with Gasteiger partial charge >= 0.3 is 0 Å². The number of hydrogen-bond donors (Lipinski definition) is 1. The van der Waals surface area contributed by atoms with Crippen molar-refractivity contribution in [3.05, 3.63) is 26.5 Å². The third-order valence-electron chi connectivity index (χ3n) is 2.51. The van der Waals surface area contributed by atoms with Crippen molar-refractivity contribution in [2.24, 2.45) is 0 Å². The minimum absolute atomic E-state index is 0.176. The van der Waals surface area contributed by atoms with Crippen LogP contribution in [0.3, 0.4) is 0 Å². The number of halogens is 2. The molecule has 1 aromatic carbocycles. The third kappa shape index (κ3) is 2.63. The zero-order chi connectivity index (χ0) is 14.0. The molecule has 1 aromatic heterocycles. The van der Waals surface area contributed by atoms with Crippen molar-refractivity contribution in [2.45, 2.75) is 6.61 Å². The third-order valence-corrected chi connectivity index (χ3v) is 3.89. The molecular weight excluding hydrogens is 384 g/mol. The van der Waals surface area contributed by atoms with Crippen LogP contribution in [0.5, 0.6) is 11.5 Å². The van der Waals surface area contributed by atoms with Crippen molar-refractivity contribution >= 4 is 34.2 Å². The maximum atomic E-state index is 9.14. The van der Waals surface area contributed by atoms with Crippen LogP contribution in [0.4, 0.5) is 0 Å². The van der Waals surface area contributed by atoms with E-state index >= 15 is 0 Å². The molecule has 0 amide bonds. The average molecular weight is 396 g/mol. The molecule has 2 aromatic rings. The summed E-state index contributed by atoms with van der Waals surface area (Å²) < 4.78 is 12.7. The fraction of sp³-hybridized carbons (Fsp3) is 0.273. The van der Waals surface area contributed by atoms with Gasteiger partial charge in [-0.3, -0.25) is 0 Å². The van der Waals surface area contributed by atoms with Gasteiger partial charge < -0.3 is 14.6 Å². The summed E-state index contributed by atoms with van der Waals surface area (Å²) in [5, 5.41) is 17.4. The molecule has 0 spiro atoms. The summed E-state index contributed by atoms with van der Waals surface area (Å²) in [5.41, 5.74) is 1.12. The van der Waals surface area contributed by atoms with Gasteiger partial charge in [0.05, 0.1) is 25.8 Å². The lowest BCUT2D eigenvalue weighted by Crippen LogP contribution is -2.03. The number of rotatable bonds is 4. The van der Waals surface area contributed by atoms with Crippen LogP contribution in [-0.4, -0.2) is 34.3 Å². The van der Waals surface area contributed by atoms with E-state index in [4.69, 9.17) is 26.2 Å². The molecule has 0 unspecified atom stereocenters. The first-order chi connectivity index (χ1) is 9.12. The van der Waals surface area contributed by atoms with Gasteiger partial charge in [0.1, 0.15) is 26.6 Å². The number of aliphatic hydroxyl groups is 1. The molecule has 8 heteroatoms. The molecule has 0 fully saturated rings. The molecule has 0 bridgehead atoms. The fourth-order valence-electron chi connectivity index (χ4n) is 1.56. The second-order valence-corrected chi connectivity index (χ2v) is 4.98. The second kappa shape index (κ2) is 5.93. The van der Waals surface area contributed by atoms with Gasteiger partial charge in [-0.2, -0.15) is 0 Å². The first kappa shape index (κ1) is 14.4. The van der Waals surface area contributed by atoms with Crippen LogP contribution >= 0.6 is 34.2 Å². The highest BCUT2D eigenvalue weighted by Crippen LogP contribution is 2.35. The largest absolute Gasteiger partial charge is 0.495 e. The molecule has 0 saturated carbocycles. The lowest BCUT2D eigenvalue weighted by Gasteiger charge is -2.12. The van der Waals surface area contributed by atoms with Gasteiger partial charge in [-0.15, -0.1) is 5.10 Å². The first-order valence-corrected chi connectivity index (χ1v) is 6.70. The standard InChI is InChI=1S/C11H11ClIN3O3/c1-18-9-4-10(19-2)8(3-6(9)12)16-11(13)7(5-17)14-15-16/h3-4,17H,5H2,1-2H3. The van der Waals surface area contributed by atoms with Crippen molar-refractivity contribution in [1.82, 2.24) is 15.0 Å². The second-order valence-electron chi connectivity index (χ2n) is 3.56. The number of hydrogen-bond acceptors (Lipinski definition) is 5. The number of nitrogens with zero attached hydrogens (tertiary/aromatic N) is 3. The van der Waals surface area contributed by atoms with Gasteiger partial charge in [-0.05, 0) is 28.7 Å². The number of benzene rings is 1. The Kier molecular flexibility index (Phi) is 4.48. The fourth-order valence-corrected chi connectivity index (χ4v) is 2.43. The average Bonchev–Trinajstić information content (AvgIpc) is 2.79. The van der Waals surface area contributed by atoms with Gasteiger partial charge in [0.15, 0.2) is 0 Å². The highest BCUT2D eigenvalue weighted by atomic mass is 127. The number of aliphatic hydroxyl groups excluding tert-OH is 1. The van der Waals surface area contributed by atoms with Crippen molar-refractivity contribution in [3.63, 3.8) is 0 Å². The molecule has 0 radical (unpaired) electrons. The molecular formula is C11H11ClIN3O3. The molecule has 6 nitrogen and oxygen atoms in total. The Morgan fingerprint density at radius 2 is 2.00 bits per heavy atom. The molecule has 102 valence electrons. The van der Waals surface area contributed by atoms with Crippen LogP contribution in [0.1, 0.15) is 5.69 Å². The lowest BCUT2D eigenvalue weighted by molar-refractivity contribution is 0.276. The van der Waals surface area contributed by atoms with Crippen molar-refractivity contribution in [3.8, 4) is 17.2 Å². The predicted molar refractivity (Wildman–Crippen MR) is 78.1 cm³/mol. The van der Waals surface area contributed by atoms with E-state index in [1.807, 2.05) is 0 Å². The Morgan fingerprint density at radius 1 is 1.32 bits per heavy atom. The SMILES string of the molecule is COc1cc(OC)c(-n2nnc(CO)c2I)cc1Cl. The van der Waals surface area contributed by atoms with Crippen LogP contribution in [0.15, 0.2) is 12.1 Å². The molecule has 1 N–H and O–H groups in total. The minimum atomic E-state index is -0.176. The van der Waals surface area contributed by atoms with Crippen LogP contribution in [0, 0.1) is 3.70 Å². The molecule has 1 heterocycles. The quantitative estimate of drug-likeness (QED) is 0.803. The Balaban J connectivity index is 2.60. The van der Waals surface area contributed by atoms with Gasteiger partial charge in [0.2, 0.25) is 0 Å². The normalized spacial score (nSPS) is 10.6. The van der Waals surface area contributed by atoms with Crippen LogP contribution in [0.2, 0.25) is 5.02 Å². The van der Waals surface area contributed by atoms with E-state index in [0.29, 0.717) is 31.6 Å². The Hall–Kier alpha value is -1.06. The molecule has 0 atom stereocenters. The summed E-state index contributed by atoms with van der Waals surface area (Å²) in [4.78, 5) is 0. The summed E-state index contributed by atoms with van der Waals surface area (Å²) in [6, 6.07) is 3.35. The summed E-state index contributed by atoms with van der Waals surface area (Å²) in [6.45, 7) is -0.176. The zero-order valence-electron chi connectivity index (χ0n) is 10.2. The zero-order valence-corrected chi connectivity index (χ0v) is 13.1. The highest BCUT2D eigenvalue weighted by molar-refractivity contribution is 14.1. The number of methoxy groups -OCH3 is 2. The maximum absolute atomic E-state index is 9.14. The topological polar surface area (TPSA) is 69.4 Å². The number of aromatic nitrogens is 3. The summed E-state index contributed by atoms with van der Waals surface area (Å²) >= 11 is 8.16. The van der Waals surface area contributed by atoms with Gasteiger partial charge in [0.25, 0.3) is 0 Å².